The Morgan fingerprint density at radius 1 is 0.763 bits per heavy atom. The smallest absolute Gasteiger partial charge is 0.416 e. The lowest BCUT2D eigenvalue weighted by atomic mass is 9.95. The van der Waals surface area contributed by atoms with E-state index in [0.717, 1.165) is 12.1 Å². The van der Waals surface area contributed by atoms with Crippen molar-refractivity contribution in [3.63, 3.8) is 0 Å². The molecule has 2 aromatic heterocycles. The van der Waals surface area contributed by atoms with Gasteiger partial charge in [-0.1, -0.05) is 38.1 Å². The number of carbonyl (C=O) groups is 1. The largest absolute Gasteiger partial charge is 0.480 e. The van der Waals surface area contributed by atoms with E-state index in [1.54, 1.807) is 36.4 Å². The van der Waals surface area contributed by atoms with Gasteiger partial charge in [-0.15, -0.1) is 0 Å². The minimum atomic E-state index is -4.43. The normalized spacial score (nSPS) is 11.8. The number of rotatable bonds is 3. The highest BCUT2D eigenvalue weighted by atomic mass is 19.4. The molecule has 0 radical (unpaired) electrons. The van der Waals surface area contributed by atoms with Crippen molar-refractivity contribution in [3.8, 4) is 11.1 Å². The molecule has 6 aromatic rings. The second-order valence-corrected chi connectivity index (χ2v) is 8.50. The Balaban J connectivity index is 0.00000144. The first kappa shape index (κ1) is 25.0. The SMILES string of the molecule is CC.O=C(O)Cn1c(=O)c2ccc3oc4ccc(-c5ccc(C(F)(F)F)cc5)cc4c4ccc(c1=O)c2c34. The van der Waals surface area contributed by atoms with Crippen LogP contribution in [0.3, 0.4) is 0 Å². The first-order valence-corrected chi connectivity index (χ1v) is 11.8. The predicted molar refractivity (Wildman–Crippen MR) is 140 cm³/mol. The van der Waals surface area contributed by atoms with Crippen molar-refractivity contribution in [1.29, 1.82) is 0 Å². The van der Waals surface area contributed by atoms with Crippen molar-refractivity contribution < 1.29 is 27.5 Å². The molecule has 0 aliphatic rings. The first-order chi connectivity index (χ1) is 18.1. The van der Waals surface area contributed by atoms with Gasteiger partial charge in [0.05, 0.1) is 5.56 Å². The van der Waals surface area contributed by atoms with Gasteiger partial charge in [-0.3, -0.25) is 19.0 Å². The molecule has 0 fully saturated rings. The van der Waals surface area contributed by atoms with Gasteiger partial charge in [0, 0.05) is 26.9 Å². The molecule has 0 saturated carbocycles. The monoisotopic (exact) mass is 519 g/mol. The van der Waals surface area contributed by atoms with Crippen molar-refractivity contribution in [2.75, 3.05) is 0 Å². The van der Waals surface area contributed by atoms with Gasteiger partial charge in [-0.05, 0) is 59.0 Å². The quantitative estimate of drug-likeness (QED) is 0.209. The van der Waals surface area contributed by atoms with E-state index >= 15 is 0 Å². The molecule has 0 atom stereocenters. The maximum Gasteiger partial charge on any atom is 0.416 e. The molecule has 9 heteroatoms. The molecule has 0 spiro atoms. The van der Waals surface area contributed by atoms with E-state index in [-0.39, 0.29) is 10.8 Å². The second kappa shape index (κ2) is 9.02. The molecule has 0 amide bonds. The summed E-state index contributed by atoms with van der Waals surface area (Å²) >= 11 is 0. The molecular formula is C29H20F3NO5. The number of aromatic nitrogens is 1. The molecule has 6 nitrogen and oxygen atoms in total. The first-order valence-electron chi connectivity index (χ1n) is 11.8. The number of benzene rings is 4. The molecule has 1 N–H and O–H groups in total. The molecule has 0 bridgehead atoms. The molecule has 0 saturated heterocycles. The number of carboxylic acids is 1. The number of halogens is 3. The number of hydrogen-bond acceptors (Lipinski definition) is 4. The molecule has 4 aromatic carbocycles. The highest BCUT2D eigenvalue weighted by Crippen LogP contribution is 2.38. The third-order valence-electron chi connectivity index (χ3n) is 6.40. The molecule has 0 unspecified atom stereocenters. The Bertz CT molecular complexity index is 1940. The van der Waals surface area contributed by atoms with Gasteiger partial charge in [-0.25, -0.2) is 0 Å². The summed E-state index contributed by atoms with van der Waals surface area (Å²) in [7, 11) is 0. The number of nitrogens with zero attached hydrogens (tertiary/aromatic N) is 1. The lowest BCUT2D eigenvalue weighted by Gasteiger charge is -2.14. The van der Waals surface area contributed by atoms with E-state index in [1.807, 2.05) is 13.8 Å². The third-order valence-corrected chi connectivity index (χ3v) is 6.40. The van der Waals surface area contributed by atoms with Crippen LogP contribution >= 0.6 is 0 Å². The van der Waals surface area contributed by atoms with E-state index in [0.29, 0.717) is 48.4 Å². The standard InChI is InChI=1S/C27H14F3NO5.C2H6/c28-27(29,30)15-4-1-13(2-5-15)14-3-9-20-19(11-14)16-6-7-17-23-18(8-10-21(36-20)24(16)23)26(35)31(25(17)34)12-22(32)33;1-2/h1-11H,12H2,(H,32,33);1-2H3. The van der Waals surface area contributed by atoms with E-state index in [4.69, 9.17) is 9.52 Å². The van der Waals surface area contributed by atoms with Gasteiger partial charge >= 0.3 is 12.1 Å². The summed E-state index contributed by atoms with van der Waals surface area (Å²) in [6, 6.07) is 16.4. The van der Waals surface area contributed by atoms with Crippen molar-refractivity contribution >= 4 is 49.5 Å². The van der Waals surface area contributed by atoms with Crippen LogP contribution in [0.1, 0.15) is 19.4 Å². The molecule has 0 aliphatic carbocycles. The summed E-state index contributed by atoms with van der Waals surface area (Å²) in [5.74, 6) is -1.31. The van der Waals surface area contributed by atoms with Gasteiger partial charge in [0.15, 0.2) is 0 Å². The fraction of sp³-hybridized carbons (Fsp3) is 0.138. The average molecular weight is 519 g/mol. The number of aliphatic carboxylic acids is 1. The van der Waals surface area contributed by atoms with E-state index < -0.39 is 35.4 Å². The summed E-state index contributed by atoms with van der Waals surface area (Å²) < 4.78 is 45.6. The Morgan fingerprint density at radius 3 is 1.92 bits per heavy atom. The van der Waals surface area contributed by atoms with Gasteiger partial charge < -0.3 is 9.52 Å². The zero-order valence-electron chi connectivity index (χ0n) is 20.2. The fourth-order valence-corrected chi connectivity index (χ4v) is 4.77. The number of alkyl halides is 3. The Kier molecular flexibility index (Phi) is 5.94. The molecule has 6 rings (SSSR count). The molecule has 38 heavy (non-hydrogen) atoms. The van der Waals surface area contributed by atoms with Crippen LogP contribution in [0, 0.1) is 0 Å². The van der Waals surface area contributed by atoms with E-state index in [2.05, 4.69) is 0 Å². The van der Waals surface area contributed by atoms with Crippen LogP contribution in [0.4, 0.5) is 13.2 Å². The summed E-state index contributed by atoms with van der Waals surface area (Å²) in [6.07, 6.45) is -4.43. The molecule has 0 aliphatic heterocycles. The zero-order valence-corrected chi connectivity index (χ0v) is 20.2. The van der Waals surface area contributed by atoms with Crippen LogP contribution < -0.4 is 11.1 Å². The second-order valence-electron chi connectivity index (χ2n) is 8.50. The summed E-state index contributed by atoms with van der Waals surface area (Å²) in [5.41, 5.74) is 0.0384. The van der Waals surface area contributed by atoms with E-state index in [1.165, 1.54) is 18.2 Å². The number of carboxylic acid groups (broad SMARTS) is 1. The summed E-state index contributed by atoms with van der Waals surface area (Å²) in [4.78, 5) is 37.2. The van der Waals surface area contributed by atoms with Crippen molar-refractivity contribution in [1.82, 2.24) is 4.57 Å². The minimum absolute atomic E-state index is 0.192. The van der Waals surface area contributed by atoms with Gasteiger partial charge in [0.25, 0.3) is 11.1 Å². The van der Waals surface area contributed by atoms with Gasteiger partial charge in [0.1, 0.15) is 17.7 Å². The lowest BCUT2D eigenvalue weighted by molar-refractivity contribution is -0.138. The van der Waals surface area contributed by atoms with Gasteiger partial charge in [-0.2, -0.15) is 13.2 Å². The zero-order chi connectivity index (χ0) is 27.4. The van der Waals surface area contributed by atoms with Crippen LogP contribution in [-0.4, -0.2) is 15.6 Å². The Labute approximate surface area is 212 Å². The minimum Gasteiger partial charge on any atom is -0.480 e. The average Bonchev–Trinajstić information content (AvgIpc) is 2.91. The van der Waals surface area contributed by atoms with Crippen LogP contribution in [0.25, 0.3) is 54.6 Å². The van der Waals surface area contributed by atoms with Crippen LogP contribution in [-0.2, 0) is 17.5 Å². The Morgan fingerprint density at radius 2 is 1.32 bits per heavy atom. The maximum atomic E-state index is 13.0. The Hall–Kier alpha value is -4.66. The predicted octanol–water partition coefficient (Wildman–Crippen LogP) is 6.65. The van der Waals surface area contributed by atoms with Crippen LogP contribution in [0.5, 0.6) is 0 Å². The topological polar surface area (TPSA) is 89.5 Å². The van der Waals surface area contributed by atoms with Gasteiger partial charge in [0.2, 0.25) is 0 Å². The van der Waals surface area contributed by atoms with Crippen LogP contribution in [0.2, 0.25) is 0 Å². The molecule has 2 heterocycles. The number of fused-ring (bicyclic) bond motifs is 2. The van der Waals surface area contributed by atoms with E-state index in [9.17, 15) is 27.6 Å². The maximum absolute atomic E-state index is 13.0. The third kappa shape index (κ3) is 3.87. The number of hydrogen-bond donors (Lipinski definition) is 1. The molecular weight excluding hydrogens is 499 g/mol. The highest BCUT2D eigenvalue weighted by Gasteiger charge is 2.30. The van der Waals surface area contributed by atoms with Crippen molar-refractivity contribution in [3.05, 3.63) is 93.0 Å². The highest BCUT2D eigenvalue weighted by molar-refractivity contribution is 6.26. The fourth-order valence-electron chi connectivity index (χ4n) is 4.77. The summed E-state index contributed by atoms with van der Waals surface area (Å²) in [6.45, 7) is 3.25. The summed E-state index contributed by atoms with van der Waals surface area (Å²) in [5, 5.41) is 11.8. The number of pyridine rings is 1. The molecule has 192 valence electrons. The van der Waals surface area contributed by atoms with Crippen molar-refractivity contribution in [2.24, 2.45) is 0 Å². The lowest BCUT2D eigenvalue weighted by Crippen LogP contribution is -2.35. The van der Waals surface area contributed by atoms with Crippen LogP contribution in [0.15, 0.2) is 80.7 Å². The van der Waals surface area contributed by atoms with Crippen molar-refractivity contribution in [2.45, 2.75) is 26.6 Å².